The molecular weight excluding hydrogens is 202 g/mol. The second kappa shape index (κ2) is 3.75. The average Bonchev–Trinajstić information content (AvgIpc) is 2.61. The zero-order valence-electron chi connectivity index (χ0n) is 9.06. The zero-order valence-corrected chi connectivity index (χ0v) is 9.06. The van der Waals surface area contributed by atoms with Crippen molar-refractivity contribution >= 4 is 11.5 Å². The molecule has 1 aliphatic rings. The van der Waals surface area contributed by atoms with Crippen LogP contribution < -0.4 is 11.1 Å². The Morgan fingerprint density at radius 1 is 1.38 bits per heavy atom. The Morgan fingerprint density at radius 2 is 2.25 bits per heavy atom. The van der Waals surface area contributed by atoms with Gasteiger partial charge in [0, 0.05) is 6.04 Å². The minimum absolute atomic E-state index is 0.650. The predicted octanol–water partition coefficient (Wildman–Crippen LogP) is 0.954. The number of nitrogens with zero attached hydrogens (tertiary/aromatic N) is 3. The van der Waals surface area contributed by atoms with Crippen molar-refractivity contribution in [2.24, 2.45) is 0 Å². The van der Waals surface area contributed by atoms with E-state index in [1.807, 2.05) is 22.6 Å². The smallest absolute Gasteiger partial charge is 0.162 e. The summed E-state index contributed by atoms with van der Waals surface area (Å²) in [5, 5.41) is 11.7. The second-order valence-electron chi connectivity index (χ2n) is 4.27. The van der Waals surface area contributed by atoms with E-state index in [0.29, 0.717) is 11.9 Å². The molecule has 2 heterocycles. The van der Waals surface area contributed by atoms with Crippen LogP contribution in [0.15, 0.2) is 18.2 Å². The van der Waals surface area contributed by atoms with Gasteiger partial charge in [-0.1, -0.05) is 12.5 Å². The van der Waals surface area contributed by atoms with Gasteiger partial charge in [-0.2, -0.15) is 0 Å². The standard InChI is InChI=1S/C11H15N5/c12-9-5-2-6-10-14-15-11(16(9)10)7-13-8-3-1-4-8/h2,5-6,8,13H,1,3-4,7,12H2. The normalized spacial score (nSPS) is 16.5. The van der Waals surface area contributed by atoms with E-state index in [-0.39, 0.29) is 0 Å². The molecule has 0 saturated heterocycles. The van der Waals surface area contributed by atoms with Gasteiger partial charge in [0.15, 0.2) is 11.5 Å². The highest BCUT2D eigenvalue weighted by Crippen LogP contribution is 2.18. The molecule has 3 N–H and O–H groups in total. The molecule has 0 spiro atoms. The van der Waals surface area contributed by atoms with Gasteiger partial charge in [0.05, 0.1) is 6.54 Å². The first kappa shape index (κ1) is 9.59. The first-order valence-electron chi connectivity index (χ1n) is 5.66. The van der Waals surface area contributed by atoms with Gasteiger partial charge >= 0.3 is 0 Å². The lowest BCUT2D eigenvalue weighted by molar-refractivity contribution is 0.335. The maximum absolute atomic E-state index is 5.91. The molecule has 3 rings (SSSR count). The summed E-state index contributed by atoms with van der Waals surface area (Å²) in [7, 11) is 0. The third-order valence-electron chi connectivity index (χ3n) is 3.18. The topological polar surface area (TPSA) is 68.2 Å². The number of aromatic nitrogens is 3. The highest BCUT2D eigenvalue weighted by molar-refractivity contribution is 5.47. The largest absolute Gasteiger partial charge is 0.385 e. The number of hydrogen-bond acceptors (Lipinski definition) is 4. The van der Waals surface area contributed by atoms with Crippen molar-refractivity contribution in [3.63, 3.8) is 0 Å². The Hall–Kier alpha value is -1.62. The van der Waals surface area contributed by atoms with Crippen LogP contribution in [0.25, 0.3) is 5.65 Å². The molecule has 2 aromatic heterocycles. The van der Waals surface area contributed by atoms with Crippen LogP contribution in [-0.2, 0) is 6.54 Å². The summed E-state index contributed by atoms with van der Waals surface area (Å²) >= 11 is 0. The lowest BCUT2D eigenvalue weighted by Crippen LogP contribution is -2.35. The van der Waals surface area contributed by atoms with E-state index in [0.717, 1.165) is 18.0 Å². The van der Waals surface area contributed by atoms with Crippen molar-refractivity contribution in [2.75, 3.05) is 5.73 Å². The summed E-state index contributed by atoms with van der Waals surface area (Å²) in [6, 6.07) is 6.32. The monoisotopic (exact) mass is 217 g/mol. The summed E-state index contributed by atoms with van der Waals surface area (Å²) in [6.45, 7) is 0.736. The molecule has 0 aromatic carbocycles. The molecule has 1 saturated carbocycles. The second-order valence-corrected chi connectivity index (χ2v) is 4.27. The number of rotatable bonds is 3. The van der Waals surface area contributed by atoms with Gasteiger partial charge < -0.3 is 11.1 Å². The fourth-order valence-electron chi connectivity index (χ4n) is 1.99. The number of hydrogen-bond donors (Lipinski definition) is 2. The highest BCUT2D eigenvalue weighted by atomic mass is 15.3. The third-order valence-corrected chi connectivity index (χ3v) is 3.18. The van der Waals surface area contributed by atoms with Crippen molar-refractivity contribution in [1.82, 2.24) is 19.9 Å². The SMILES string of the molecule is Nc1cccc2nnc(CNC3CCC3)n12. The van der Waals surface area contributed by atoms with Gasteiger partial charge in [0.25, 0.3) is 0 Å². The molecule has 5 heteroatoms. The van der Waals surface area contributed by atoms with Crippen molar-refractivity contribution in [3.8, 4) is 0 Å². The van der Waals surface area contributed by atoms with Crippen LogP contribution in [-0.4, -0.2) is 20.6 Å². The van der Waals surface area contributed by atoms with E-state index in [9.17, 15) is 0 Å². The summed E-state index contributed by atoms with van der Waals surface area (Å²) in [5.74, 6) is 1.58. The predicted molar refractivity (Wildman–Crippen MR) is 61.9 cm³/mol. The van der Waals surface area contributed by atoms with Crippen molar-refractivity contribution in [1.29, 1.82) is 0 Å². The molecule has 0 atom stereocenters. The quantitative estimate of drug-likeness (QED) is 0.803. The third kappa shape index (κ3) is 1.53. The lowest BCUT2D eigenvalue weighted by Gasteiger charge is -2.26. The Kier molecular flexibility index (Phi) is 2.25. The number of nitrogen functional groups attached to an aromatic ring is 1. The van der Waals surface area contributed by atoms with Crippen molar-refractivity contribution < 1.29 is 0 Å². The van der Waals surface area contributed by atoms with Gasteiger partial charge in [0.1, 0.15) is 5.82 Å². The van der Waals surface area contributed by atoms with Gasteiger partial charge in [-0.15, -0.1) is 10.2 Å². The molecule has 84 valence electrons. The van der Waals surface area contributed by atoms with Gasteiger partial charge in [0.2, 0.25) is 0 Å². The Balaban J connectivity index is 1.85. The van der Waals surface area contributed by atoms with E-state index in [1.165, 1.54) is 19.3 Å². The number of nitrogens with two attached hydrogens (primary N) is 1. The fourth-order valence-corrected chi connectivity index (χ4v) is 1.99. The molecule has 16 heavy (non-hydrogen) atoms. The summed E-state index contributed by atoms with van der Waals surface area (Å²) < 4.78 is 1.89. The summed E-state index contributed by atoms with van der Waals surface area (Å²) in [5.41, 5.74) is 6.72. The van der Waals surface area contributed by atoms with Gasteiger partial charge in [-0.3, -0.25) is 4.40 Å². The maximum Gasteiger partial charge on any atom is 0.162 e. The number of fused-ring (bicyclic) bond motifs is 1. The Morgan fingerprint density at radius 3 is 3.00 bits per heavy atom. The van der Waals surface area contributed by atoms with Crippen molar-refractivity contribution in [2.45, 2.75) is 31.8 Å². The van der Waals surface area contributed by atoms with E-state index in [2.05, 4.69) is 15.5 Å². The van der Waals surface area contributed by atoms with Gasteiger partial charge in [-0.05, 0) is 25.0 Å². The van der Waals surface area contributed by atoms with E-state index >= 15 is 0 Å². The van der Waals surface area contributed by atoms with E-state index in [1.54, 1.807) is 0 Å². The summed E-state index contributed by atoms with van der Waals surface area (Å²) in [4.78, 5) is 0. The maximum atomic E-state index is 5.91. The van der Waals surface area contributed by atoms with Crippen LogP contribution in [0.2, 0.25) is 0 Å². The number of anilines is 1. The molecule has 0 amide bonds. The van der Waals surface area contributed by atoms with Crippen LogP contribution in [0, 0.1) is 0 Å². The number of pyridine rings is 1. The average molecular weight is 217 g/mol. The zero-order chi connectivity index (χ0) is 11.0. The van der Waals surface area contributed by atoms with E-state index in [4.69, 9.17) is 5.73 Å². The molecule has 0 bridgehead atoms. The van der Waals surface area contributed by atoms with Crippen LogP contribution in [0.5, 0.6) is 0 Å². The Labute approximate surface area is 93.7 Å². The molecular formula is C11H15N5. The minimum atomic E-state index is 0.650. The highest BCUT2D eigenvalue weighted by Gasteiger charge is 2.17. The van der Waals surface area contributed by atoms with Crippen LogP contribution >= 0.6 is 0 Å². The van der Waals surface area contributed by atoms with Crippen LogP contribution in [0.1, 0.15) is 25.1 Å². The lowest BCUT2D eigenvalue weighted by atomic mass is 9.93. The fraction of sp³-hybridized carbons (Fsp3) is 0.455. The molecule has 1 aliphatic carbocycles. The Bertz CT molecular complexity index is 500. The first-order valence-corrected chi connectivity index (χ1v) is 5.66. The van der Waals surface area contributed by atoms with Crippen LogP contribution in [0.4, 0.5) is 5.82 Å². The number of nitrogens with one attached hydrogen (secondary N) is 1. The van der Waals surface area contributed by atoms with E-state index < -0.39 is 0 Å². The minimum Gasteiger partial charge on any atom is -0.385 e. The molecule has 1 fully saturated rings. The summed E-state index contributed by atoms with van der Waals surface area (Å²) in [6.07, 6.45) is 3.87. The molecule has 0 aliphatic heterocycles. The molecule has 2 aromatic rings. The molecule has 0 unspecified atom stereocenters. The first-order chi connectivity index (χ1) is 7.84. The van der Waals surface area contributed by atoms with Gasteiger partial charge in [-0.25, -0.2) is 0 Å². The molecule has 5 nitrogen and oxygen atoms in total. The molecule has 0 radical (unpaired) electrons. The van der Waals surface area contributed by atoms with Crippen molar-refractivity contribution in [3.05, 3.63) is 24.0 Å². The van der Waals surface area contributed by atoms with Crippen LogP contribution in [0.3, 0.4) is 0 Å².